The molecule has 0 amide bonds. The van der Waals surface area contributed by atoms with E-state index in [0.29, 0.717) is 39.6 Å². The standard InChI is InChI=1S/C20H24N2O4/c1-3-23-11-13-25-17-7-9-21-19-15(17)5-6-16-18(8-10-22-20(16)19)26-14-12-24-4-2/h5-10H,3-4,11-14H2,1-2H3. The Kier molecular flexibility index (Phi) is 6.57. The molecule has 0 radical (unpaired) electrons. The van der Waals surface area contributed by atoms with Crippen LogP contribution in [0.1, 0.15) is 13.8 Å². The predicted molar refractivity (Wildman–Crippen MR) is 101 cm³/mol. The lowest BCUT2D eigenvalue weighted by Gasteiger charge is -2.12. The van der Waals surface area contributed by atoms with Crippen LogP contribution in [0.3, 0.4) is 0 Å². The van der Waals surface area contributed by atoms with E-state index in [0.717, 1.165) is 33.3 Å². The largest absolute Gasteiger partial charge is 0.490 e. The maximum atomic E-state index is 5.85. The molecule has 1 aromatic carbocycles. The minimum Gasteiger partial charge on any atom is -0.490 e. The highest BCUT2D eigenvalue weighted by molar-refractivity contribution is 6.06. The van der Waals surface area contributed by atoms with Crippen LogP contribution in [0.5, 0.6) is 11.5 Å². The molecule has 3 aromatic rings. The Morgan fingerprint density at radius 3 is 1.54 bits per heavy atom. The molecule has 6 nitrogen and oxygen atoms in total. The number of aromatic nitrogens is 2. The fourth-order valence-corrected chi connectivity index (χ4v) is 2.74. The number of hydrogen-bond acceptors (Lipinski definition) is 6. The molecule has 0 fully saturated rings. The van der Waals surface area contributed by atoms with E-state index in [4.69, 9.17) is 18.9 Å². The number of hydrogen-bond donors (Lipinski definition) is 0. The second kappa shape index (κ2) is 9.31. The Hall–Kier alpha value is -2.44. The SMILES string of the molecule is CCOCCOc1ccnc2c1ccc1c(OCCOCC)ccnc12. The summed E-state index contributed by atoms with van der Waals surface area (Å²) >= 11 is 0. The molecule has 2 heterocycles. The highest BCUT2D eigenvalue weighted by Crippen LogP contribution is 2.32. The number of pyridine rings is 2. The van der Waals surface area contributed by atoms with Crippen LogP contribution in [0.2, 0.25) is 0 Å². The molecule has 3 rings (SSSR count). The fraction of sp³-hybridized carbons (Fsp3) is 0.400. The first-order chi connectivity index (χ1) is 12.8. The lowest BCUT2D eigenvalue weighted by Crippen LogP contribution is -2.07. The van der Waals surface area contributed by atoms with Crippen LogP contribution in [0, 0.1) is 0 Å². The van der Waals surface area contributed by atoms with Crippen LogP contribution < -0.4 is 9.47 Å². The third-order valence-electron chi connectivity index (χ3n) is 3.92. The van der Waals surface area contributed by atoms with Gasteiger partial charge in [0.25, 0.3) is 0 Å². The summed E-state index contributed by atoms with van der Waals surface area (Å²) in [6.07, 6.45) is 3.48. The summed E-state index contributed by atoms with van der Waals surface area (Å²) in [7, 11) is 0. The first-order valence-electron chi connectivity index (χ1n) is 8.92. The number of nitrogens with zero attached hydrogens (tertiary/aromatic N) is 2. The molecule has 2 aromatic heterocycles. The Morgan fingerprint density at radius 1 is 0.654 bits per heavy atom. The summed E-state index contributed by atoms with van der Waals surface area (Å²) in [5.74, 6) is 1.56. The third-order valence-corrected chi connectivity index (χ3v) is 3.92. The van der Waals surface area contributed by atoms with Gasteiger partial charge in [-0.05, 0) is 38.1 Å². The van der Waals surface area contributed by atoms with Gasteiger partial charge in [0.15, 0.2) is 0 Å². The Bertz CT molecular complexity index is 783. The molecule has 0 bridgehead atoms. The van der Waals surface area contributed by atoms with Gasteiger partial charge in [-0.2, -0.15) is 0 Å². The Morgan fingerprint density at radius 2 is 1.12 bits per heavy atom. The van der Waals surface area contributed by atoms with Crippen LogP contribution in [0.25, 0.3) is 21.8 Å². The van der Waals surface area contributed by atoms with Gasteiger partial charge in [-0.15, -0.1) is 0 Å². The van der Waals surface area contributed by atoms with E-state index in [1.54, 1.807) is 12.4 Å². The van der Waals surface area contributed by atoms with E-state index in [1.165, 1.54) is 0 Å². The van der Waals surface area contributed by atoms with Gasteiger partial charge >= 0.3 is 0 Å². The van der Waals surface area contributed by atoms with E-state index in [1.807, 2.05) is 38.1 Å². The van der Waals surface area contributed by atoms with E-state index in [-0.39, 0.29) is 0 Å². The van der Waals surface area contributed by atoms with Crippen LogP contribution in [0.15, 0.2) is 36.7 Å². The van der Waals surface area contributed by atoms with Crippen molar-refractivity contribution in [1.29, 1.82) is 0 Å². The summed E-state index contributed by atoms with van der Waals surface area (Å²) in [6.45, 7) is 7.41. The second-order valence-corrected chi connectivity index (χ2v) is 5.57. The average molecular weight is 356 g/mol. The number of rotatable bonds is 10. The molecule has 138 valence electrons. The van der Waals surface area contributed by atoms with Crippen molar-refractivity contribution >= 4 is 21.8 Å². The molecule has 0 aliphatic carbocycles. The molecule has 0 unspecified atom stereocenters. The molecule has 26 heavy (non-hydrogen) atoms. The molecule has 0 aliphatic heterocycles. The molecule has 0 spiro atoms. The lowest BCUT2D eigenvalue weighted by molar-refractivity contribution is 0.110. The Balaban J connectivity index is 1.88. The number of ether oxygens (including phenoxy) is 4. The summed E-state index contributed by atoms with van der Waals surface area (Å²) in [6, 6.07) is 7.72. The van der Waals surface area contributed by atoms with Crippen LogP contribution in [-0.4, -0.2) is 49.6 Å². The van der Waals surface area contributed by atoms with Crippen LogP contribution in [-0.2, 0) is 9.47 Å². The van der Waals surface area contributed by atoms with Gasteiger partial charge in [0.1, 0.15) is 35.7 Å². The maximum Gasteiger partial charge on any atom is 0.130 e. The first-order valence-corrected chi connectivity index (χ1v) is 8.92. The number of benzene rings is 1. The van der Waals surface area contributed by atoms with Gasteiger partial charge in [0, 0.05) is 36.4 Å². The second-order valence-electron chi connectivity index (χ2n) is 5.57. The van der Waals surface area contributed by atoms with E-state index < -0.39 is 0 Å². The average Bonchev–Trinajstić information content (AvgIpc) is 2.68. The van der Waals surface area contributed by atoms with Crippen molar-refractivity contribution in [2.24, 2.45) is 0 Å². The molecule has 0 saturated heterocycles. The molecule has 0 atom stereocenters. The van der Waals surface area contributed by atoms with Gasteiger partial charge < -0.3 is 18.9 Å². The van der Waals surface area contributed by atoms with Crippen molar-refractivity contribution in [1.82, 2.24) is 9.97 Å². The van der Waals surface area contributed by atoms with Crippen LogP contribution >= 0.6 is 0 Å². The highest BCUT2D eigenvalue weighted by atomic mass is 16.5. The smallest absolute Gasteiger partial charge is 0.130 e. The normalized spacial score (nSPS) is 11.2. The lowest BCUT2D eigenvalue weighted by atomic mass is 10.1. The van der Waals surface area contributed by atoms with Gasteiger partial charge in [0.2, 0.25) is 0 Å². The fourth-order valence-electron chi connectivity index (χ4n) is 2.74. The third kappa shape index (κ3) is 4.20. The summed E-state index contributed by atoms with van der Waals surface area (Å²) < 4.78 is 22.4. The van der Waals surface area contributed by atoms with E-state index >= 15 is 0 Å². The zero-order valence-corrected chi connectivity index (χ0v) is 15.2. The molecule has 0 saturated carbocycles. The molecule has 6 heteroatoms. The molecular weight excluding hydrogens is 332 g/mol. The van der Waals surface area contributed by atoms with Gasteiger partial charge in [-0.25, -0.2) is 0 Å². The van der Waals surface area contributed by atoms with Crippen molar-refractivity contribution < 1.29 is 18.9 Å². The van der Waals surface area contributed by atoms with Gasteiger partial charge in [0.05, 0.1) is 13.2 Å². The van der Waals surface area contributed by atoms with Gasteiger partial charge in [-0.1, -0.05) is 0 Å². The molecular formula is C20H24N2O4. The van der Waals surface area contributed by atoms with Crippen molar-refractivity contribution in [3.8, 4) is 11.5 Å². The van der Waals surface area contributed by atoms with Crippen molar-refractivity contribution in [3.63, 3.8) is 0 Å². The first kappa shape index (κ1) is 18.4. The van der Waals surface area contributed by atoms with Crippen molar-refractivity contribution in [2.75, 3.05) is 39.6 Å². The summed E-state index contributed by atoms with van der Waals surface area (Å²) in [4.78, 5) is 9.02. The minimum atomic E-state index is 0.499. The van der Waals surface area contributed by atoms with Crippen molar-refractivity contribution in [2.45, 2.75) is 13.8 Å². The van der Waals surface area contributed by atoms with E-state index in [9.17, 15) is 0 Å². The van der Waals surface area contributed by atoms with Crippen molar-refractivity contribution in [3.05, 3.63) is 36.7 Å². The topological polar surface area (TPSA) is 62.7 Å². The Labute approximate surface area is 153 Å². The minimum absolute atomic E-state index is 0.499. The molecule has 0 aliphatic rings. The predicted octanol–water partition coefficient (Wildman–Crippen LogP) is 3.61. The number of fused-ring (bicyclic) bond motifs is 3. The van der Waals surface area contributed by atoms with Crippen LogP contribution in [0.4, 0.5) is 0 Å². The summed E-state index contributed by atoms with van der Waals surface area (Å²) in [5, 5.41) is 1.85. The zero-order valence-electron chi connectivity index (χ0n) is 15.2. The molecule has 0 N–H and O–H groups in total. The van der Waals surface area contributed by atoms with E-state index in [2.05, 4.69) is 9.97 Å². The highest BCUT2D eigenvalue weighted by Gasteiger charge is 2.11. The summed E-state index contributed by atoms with van der Waals surface area (Å²) in [5.41, 5.74) is 1.60. The maximum absolute atomic E-state index is 5.85. The van der Waals surface area contributed by atoms with Gasteiger partial charge in [-0.3, -0.25) is 9.97 Å². The zero-order chi connectivity index (χ0) is 18.2. The monoisotopic (exact) mass is 356 g/mol. The quantitative estimate of drug-likeness (QED) is 0.408.